The van der Waals surface area contributed by atoms with Crippen LogP contribution in [0.4, 0.5) is 4.39 Å². The Morgan fingerprint density at radius 1 is 1.43 bits per heavy atom. The van der Waals surface area contributed by atoms with E-state index >= 15 is 0 Å². The zero-order valence-corrected chi connectivity index (χ0v) is 20.1. The van der Waals surface area contributed by atoms with Crippen molar-refractivity contribution in [1.82, 2.24) is 15.1 Å². The Morgan fingerprint density at radius 2 is 2.21 bits per heavy atom. The number of nitrogens with one attached hydrogen (secondary N) is 1. The van der Waals surface area contributed by atoms with E-state index in [9.17, 15) is 9.18 Å². The van der Waals surface area contributed by atoms with Gasteiger partial charge in [-0.1, -0.05) is 15.9 Å². The van der Waals surface area contributed by atoms with Gasteiger partial charge >= 0.3 is 0 Å². The van der Waals surface area contributed by atoms with Crippen LogP contribution in [0.1, 0.15) is 17.5 Å². The molecule has 1 fully saturated rings. The molecule has 156 valence electrons. The number of rotatable bonds is 4. The Balaban J connectivity index is 0.00000280. The van der Waals surface area contributed by atoms with Crippen molar-refractivity contribution in [2.24, 2.45) is 10.9 Å². The van der Waals surface area contributed by atoms with Gasteiger partial charge in [0.2, 0.25) is 5.91 Å². The Bertz CT molecular complexity index is 726. The molecule has 9 heteroatoms. The minimum Gasteiger partial charge on any atom is -0.381 e. The van der Waals surface area contributed by atoms with Crippen LogP contribution in [0.3, 0.4) is 0 Å². The fraction of sp³-hybridized carbons (Fsp3) is 0.579. The molecule has 1 aromatic carbocycles. The number of carbonyl (C=O) groups is 1. The van der Waals surface area contributed by atoms with Gasteiger partial charge in [0.1, 0.15) is 12.4 Å². The maximum Gasteiger partial charge on any atom is 0.243 e. The van der Waals surface area contributed by atoms with Crippen LogP contribution in [0.2, 0.25) is 0 Å². The van der Waals surface area contributed by atoms with Crippen molar-refractivity contribution in [3.63, 3.8) is 0 Å². The van der Waals surface area contributed by atoms with Crippen molar-refractivity contribution in [2.75, 3.05) is 46.9 Å². The van der Waals surface area contributed by atoms with Gasteiger partial charge in [0.15, 0.2) is 5.96 Å². The van der Waals surface area contributed by atoms with Gasteiger partial charge in [-0.2, -0.15) is 0 Å². The van der Waals surface area contributed by atoms with Crippen molar-refractivity contribution in [3.05, 3.63) is 33.5 Å². The molecule has 6 nitrogen and oxygen atoms in total. The summed E-state index contributed by atoms with van der Waals surface area (Å²) in [6, 6.07) is 3.25. The van der Waals surface area contributed by atoms with Gasteiger partial charge in [-0.3, -0.25) is 4.79 Å². The molecule has 2 aliphatic rings. The van der Waals surface area contributed by atoms with E-state index in [0.29, 0.717) is 24.0 Å². The van der Waals surface area contributed by atoms with Crippen molar-refractivity contribution >= 4 is 51.8 Å². The number of hydrogen-bond donors (Lipinski definition) is 1. The number of benzene rings is 1. The van der Waals surface area contributed by atoms with Crippen molar-refractivity contribution in [3.8, 4) is 0 Å². The van der Waals surface area contributed by atoms with E-state index in [-0.39, 0.29) is 42.2 Å². The highest BCUT2D eigenvalue weighted by atomic mass is 127. The molecule has 1 atom stereocenters. The summed E-state index contributed by atoms with van der Waals surface area (Å²) < 4.78 is 20.7. The number of nitrogens with zero attached hydrogens (tertiary/aromatic N) is 3. The minimum atomic E-state index is -0.203. The van der Waals surface area contributed by atoms with Crippen LogP contribution in [0.25, 0.3) is 0 Å². The standard InChI is InChI=1S/C19H26BrFN4O2.HI/c1-24(2)18(26)10-23-19(22-9-13-6-8-27-12-13)25-7-5-14-15(11-25)17(21)4-3-16(14)20;/h3-4,13H,5-12H2,1-2H3,(H,22,23);1H. The van der Waals surface area contributed by atoms with Crippen LogP contribution in [-0.2, 0) is 22.5 Å². The van der Waals surface area contributed by atoms with E-state index < -0.39 is 0 Å². The van der Waals surface area contributed by atoms with Crippen LogP contribution >= 0.6 is 39.9 Å². The third kappa shape index (κ3) is 5.79. The predicted octanol–water partition coefficient (Wildman–Crippen LogP) is 2.63. The van der Waals surface area contributed by atoms with Crippen molar-refractivity contribution in [1.29, 1.82) is 0 Å². The third-order valence-corrected chi connectivity index (χ3v) is 5.78. The molecule has 0 spiro atoms. The van der Waals surface area contributed by atoms with Gasteiger partial charge in [0.25, 0.3) is 0 Å². The molecule has 1 N–H and O–H groups in total. The number of ether oxygens (including phenoxy) is 1. The Hall–Kier alpha value is -0.940. The number of hydrogen-bond acceptors (Lipinski definition) is 3. The second kappa shape index (κ2) is 10.7. The monoisotopic (exact) mass is 568 g/mol. The van der Waals surface area contributed by atoms with Crippen LogP contribution in [0.15, 0.2) is 21.6 Å². The molecule has 3 rings (SSSR count). The molecule has 0 radical (unpaired) electrons. The lowest BCUT2D eigenvalue weighted by atomic mass is 9.99. The molecule has 2 aliphatic heterocycles. The maximum absolute atomic E-state index is 14.4. The normalized spacial score (nSPS) is 19.1. The first kappa shape index (κ1) is 23.3. The lowest BCUT2D eigenvalue weighted by molar-refractivity contribution is -0.127. The summed E-state index contributed by atoms with van der Waals surface area (Å²) >= 11 is 3.52. The van der Waals surface area contributed by atoms with Crippen molar-refractivity contribution < 1.29 is 13.9 Å². The van der Waals surface area contributed by atoms with Crippen LogP contribution < -0.4 is 5.32 Å². The van der Waals surface area contributed by atoms with E-state index in [1.165, 1.54) is 11.0 Å². The maximum atomic E-state index is 14.4. The summed E-state index contributed by atoms with van der Waals surface area (Å²) in [7, 11) is 3.43. The molecule has 0 saturated carbocycles. The molecule has 0 bridgehead atoms. The molecular formula is C19H27BrFIN4O2. The second-order valence-corrected chi connectivity index (χ2v) is 8.05. The van der Waals surface area contributed by atoms with Gasteiger partial charge in [-0.05, 0) is 30.5 Å². The Morgan fingerprint density at radius 3 is 2.89 bits per heavy atom. The smallest absolute Gasteiger partial charge is 0.243 e. The minimum absolute atomic E-state index is 0. The van der Waals surface area contributed by atoms with Crippen LogP contribution in [-0.4, -0.2) is 68.6 Å². The van der Waals surface area contributed by atoms with Gasteiger partial charge in [-0.15, -0.1) is 24.0 Å². The number of amides is 1. The molecular weight excluding hydrogens is 542 g/mol. The summed E-state index contributed by atoms with van der Waals surface area (Å²) in [5, 5.41) is 3.38. The predicted molar refractivity (Wildman–Crippen MR) is 122 cm³/mol. The highest BCUT2D eigenvalue weighted by molar-refractivity contribution is 14.0. The summed E-state index contributed by atoms with van der Waals surface area (Å²) in [6.45, 7) is 3.48. The van der Waals surface area contributed by atoms with Crippen molar-refractivity contribution in [2.45, 2.75) is 19.4 Å². The highest BCUT2D eigenvalue weighted by Crippen LogP contribution is 2.28. The van der Waals surface area contributed by atoms with Gasteiger partial charge < -0.3 is 19.9 Å². The Kier molecular flexibility index (Phi) is 8.94. The molecule has 0 aliphatic carbocycles. The quantitative estimate of drug-likeness (QED) is 0.345. The molecule has 0 aromatic heterocycles. The first-order valence-corrected chi connectivity index (χ1v) is 10.0. The van der Waals surface area contributed by atoms with Gasteiger partial charge in [0, 0.05) is 56.3 Å². The van der Waals surface area contributed by atoms with Gasteiger partial charge in [-0.25, -0.2) is 9.38 Å². The van der Waals surface area contributed by atoms with E-state index in [1.807, 2.05) is 4.90 Å². The number of fused-ring (bicyclic) bond motifs is 1. The molecule has 1 unspecified atom stereocenters. The number of guanidine groups is 1. The Labute approximate surface area is 191 Å². The zero-order valence-electron chi connectivity index (χ0n) is 16.2. The first-order chi connectivity index (χ1) is 13.0. The van der Waals surface area contributed by atoms with E-state index in [1.54, 1.807) is 20.2 Å². The largest absolute Gasteiger partial charge is 0.381 e. The number of likely N-dealkylation sites (N-methyl/N-ethyl adjacent to an activating group) is 1. The lowest BCUT2D eigenvalue weighted by Crippen LogP contribution is -2.46. The fourth-order valence-electron chi connectivity index (χ4n) is 3.31. The van der Waals surface area contributed by atoms with E-state index in [0.717, 1.165) is 49.2 Å². The fourth-order valence-corrected chi connectivity index (χ4v) is 3.88. The highest BCUT2D eigenvalue weighted by Gasteiger charge is 2.25. The summed E-state index contributed by atoms with van der Waals surface area (Å²) in [5.41, 5.74) is 1.70. The van der Waals surface area contributed by atoms with Crippen LogP contribution in [0, 0.1) is 11.7 Å². The molecule has 28 heavy (non-hydrogen) atoms. The average molecular weight is 569 g/mol. The van der Waals surface area contributed by atoms with Crippen LogP contribution in [0.5, 0.6) is 0 Å². The number of aliphatic imine (C=N–C) groups is 1. The first-order valence-electron chi connectivity index (χ1n) is 9.22. The van der Waals surface area contributed by atoms with E-state index in [4.69, 9.17) is 4.74 Å². The van der Waals surface area contributed by atoms with E-state index in [2.05, 4.69) is 26.2 Å². The third-order valence-electron chi connectivity index (χ3n) is 5.03. The molecule has 1 saturated heterocycles. The molecule has 1 amide bonds. The number of halogens is 3. The molecule has 2 heterocycles. The summed E-state index contributed by atoms with van der Waals surface area (Å²) in [6.07, 6.45) is 1.74. The topological polar surface area (TPSA) is 57.2 Å². The average Bonchev–Trinajstić information content (AvgIpc) is 3.18. The summed E-state index contributed by atoms with van der Waals surface area (Å²) in [5.74, 6) is 0.820. The zero-order chi connectivity index (χ0) is 19.4. The molecule has 1 aromatic rings. The van der Waals surface area contributed by atoms with Gasteiger partial charge in [0.05, 0.1) is 6.61 Å². The lowest BCUT2D eigenvalue weighted by Gasteiger charge is -2.33. The number of carbonyl (C=O) groups excluding carboxylic acids is 1. The SMILES string of the molecule is CN(C)C(=O)CN=C(NCC1CCOC1)N1CCc2c(Br)ccc(F)c2C1.I. The summed E-state index contributed by atoms with van der Waals surface area (Å²) in [4.78, 5) is 20.0. The second-order valence-electron chi connectivity index (χ2n) is 7.20.